The van der Waals surface area contributed by atoms with Gasteiger partial charge in [-0.2, -0.15) is 0 Å². The first kappa shape index (κ1) is 14.9. The van der Waals surface area contributed by atoms with Crippen LogP contribution in [0, 0.1) is 5.82 Å². The highest BCUT2D eigenvalue weighted by molar-refractivity contribution is 7.98. The number of halogens is 1. The van der Waals surface area contributed by atoms with Crippen LogP contribution in [0.3, 0.4) is 0 Å². The van der Waals surface area contributed by atoms with E-state index in [1.165, 1.54) is 17.0 Å². The summed E-state index contributed by atoms with van der Waals surface area (Å²) in [6.07, 6.45) is 2.60. The molecule has 0 aromatic heterocycles. The van der Waals surface area contributed by atoms with Crippen LogP contribution in [0.4, 0.5) is 4.39 Å². The predicted molar refractivity (Wildman–Crippen MR) is 82.1 cm³/mol. The molecule has 0 aliphatic heterocycles. The number of thioether (sulfide) groups is 1. The number of hydrogen-bond acceptors (Lipinski definition) is 3. The number of ether oxygens (including phenoxy) is 1. The lowest BCUT2D eigenvalue weighted by Crippen LogP contribution is -2.18. The Balaban J connectivity index is 2.22. The molecule has 2 nitrogen and oxygen atoms in total. The number of nitrogens with two attached hydrogens (primary N) is 1. The molecule has 0 amide bonds. The molecule has 1 atom stereocenters. The standard InChI is InChI=1S/C16H18FNOS/c1-11(18)9-12-10-13(17)3-8-16(12)19-14-4-6-15(20-2)7-5-14/h3-8,10-11H,9,18H2,1-2H3. The minimum Gasteiger partial charge on any atom is -0.457 e. The van der Waals surface area contributed by atoms with Crippen LogP contribution in [0.1, 0.15) is 12.5 Å². The van der Waals surface area contributed by atoms with E-state index in [4.69, 9.17) is 10.5 Å². The zero-order valence-electron chi connectivity index (χ0n) is 11.6. The summed E-state index contributed by atoms with van der Waals surface area (Å²) in [6, 6.07) is 12.3. The van der Waals surface area contributed by atoms with E-state index in [1.54, 1.807) is 17.8 Å². The van der Waals surface area contributed by atoms with Gasteiger partial charge in [-0.25, -0.2) is 4.39 Å². The van der Waals surface area contributed by atoms with Crippen LogP contribution in [0.25, 0.3) is 0 Å². The molecule has 106 valence electrons. The molecule has 0 aliphatic carbocycles. The minimum absolute atomic E-state index is 0.0435. The van der Waals surface area contributed by atoms with Crippen LogP contribution < -0.4 is 10.5 Å². The summed E-state index contributed by atoms with van der Waals surface area (Å²) in [5.41, 5.74) is 6.58. The smallest absolute Gasteiger partial charge is 0.130 e. The van der Waals surface area contributed by atoms with Crippen molar-refractivity contribution < 1.29 is 9.13 Å². The van der Waals surface area contributed by atoms with E-state index in [1.807, 2.05) is 37.4 Å². The topological polar surface area (TPSA) is 35.2 Å². The van der Waals surface area contributed by atoms with E-state index in [0.29, 0.717) is 12.2 Å². The highest BCUT2D eigenvalue weighted by Gasteiger charge is 2.09. The molecule has 0 aliphatic rings. The highest BCUT2D eigenvalue weighted by atomic mass is 32.2. The van der Waals surface area contributed by atoms with Crippen molar-refractivity contribution in [2.75, 3.05) is 6.26 Å². The zero-order chi connectivity index (χ0) is 14.5. The van der Waals surface area contributed by atoms with Crippen LogP contribution in [-0.2, 0) is 6.42 Å². The Morgan fingerprint density at radius 1 is 1.20 bits per heavy atom. The van der Waals surface area contributed by atoms with Gasteiger partial charge < -0.3 is 10.5 Å². The second-order valence-electron chi connectivity index (χ2n) is 4.71. The molecule has 0 saturated heterocycles. The predicted octanol–water partition coefficient (Wildman–Crippen LogP) is 4.23. The van der Waals surface area contributed by atoms with Crippen LogP contribution in [0.5, 0.6) is 11.5 Å². The van der Waals surface area contributed by atoms with Gasteiger partial charge in [-0.15, -0.1) is 11.8 Å². The summed E-state index contributed by atoms with van der Waals surface area (Å²) in [6.45, 7) is 1.89. The largest absolute Gasteiger partial charge is 0.457 e. The van der Waals surface area contributed by atoms with Gasteiger partial charge in [-0.05, 0) is 67.6 Å². The zero-order valence-corrected chi connectivity index (χ0v) is 12.4. The molecule has 4 heteroatoms. The van der Waals surface area contributed by atoms with Gasteiger partial charge in [-0.1, -0.05) is 0 Å². The van der Waals surface area contributed by atoms with Crippen LogP contribution in [0.15, 0.2) is 47.4 Å². The maximum absolute atomic E-state index is 13.3. The molecule has 0 fully saturated rings. The number of rotatable bonds is 5. The quantitative estimate of drug-likeness (QED) is 0.837. The average molecular weight is 291 g/mol. The molecule has 0 heterocycles. The Kier molecular flexibility index (Phi) is 5.04. The summed E-state index contributed by atoms with van der Waals surface area (Å²) in [4.78, 5) is 1.17. The first-order chi connectivity index (χ1) is 9.58. The van der Waals surface area contributed by atoms with Crippen molar-refractivity contribution >= 4 is 11.8 Å². The molecule has 0 saturated carbocycles. The Hall–Kier alpha value is -1.52. The van der Waals surface area contributed by atoms with Crippen LogP contribution in [0.2, 0.25) is 0 Å². The van der Waals surface area contributed by atoms with Crippen molar-refractivity contribution in [3.8, 4) is 11.5 Å². The van der Waals surface area contributed by atoms with Gasteiger partial charge in [0.2, 0.25) is 0 Å². The van der Waals surface area contributed by atoms with E-state index in [2.05, 4.69) is 0 Å². The third-order valence-electron chi connectivity index (χ3n) is 2.85. The summed E-state index contributed by atoms with van der Waals surface area (Å²) in [5.74, 6) is 1.12. The molecule has 2 N–H and O–H groups in total. The van der Waals surface area contributed by atoms with Gasteiger partial charge in [-0.3, -0.25) is 0 Å². The summed E-state index contributed by atoms with van der Waals surface area (Å²) in [5, 5.41) is 0. The molecule has 0 spiro atoms. The number of hydrogen-bond donors (Lipinski definition) is 1. The fourth-order valence-electron chi connectivity index (χ4n) is 1.92. The Labute approximate surface area is 123 Å². The lowest BCUT2D eigenvalue weighted by atomic mass is 10.1. The van der Waals surface area contributed by atoms with E-state index < -0.39 is 0 Å². The Morgan fingerprint density at radius 3 is 2.50 bits per heavy atom. The van der Waals surface area contributed by atoms with Crippen molar-refractivity contribution in [2.45, 2.75) is 24.3 Å². The molecule has 0 bridgehead atoms. The first-order valence-electron chi connectivity index (χ1n) is 6.44. The molecule has 2 rings (SSSR count). The van der Waals surface area contributed by atoms with Crippen molar-refractivity contribution in [3.63, 3.8) is 0 Å². The molecular formula is C16H18FNOS. The molecular weight excluding hydrogens is 273 g/mol. The van der Waals surface area contributed by atoms with Gasteiger partial charge in [0.15, 0.2) is 0 Å². The third kappa shape index (κ3) is 3.99. The Bertz CT molecular complexity index is 569. The lowest BCUT2D eigenvalue weighted by molar-refractivity contribution is 0.470. The summed E-state index contributed by atoms with van der Waals surface area (Å²) >= 11 is 1.68. The SMILES string of the molecule is CSc1ccc(Oc2ccc(F)cc2CC(C)N)cc1. The maximum Gasteiger partial charge on any atom is 0.130 e. The Morgan fingerprint density at radius 2 is 1.90 bits per heavy atom. The van der Waals surface area contributed by atoms with Crippen molar-refractivity contribution in [2.24, 2.45) is 5.73 Å². The van der Waals surface area contributed by atoms with E-state index in [0.717, 1.165) is 11.3 Å². The van der Waals surface area contributed by atoms with Gasteiger partial charge in [0.1, 0.15) is 17.3 Å². The minimum atomic E-state index is -0.272. The highest BCUT2D eigenvalue weighted by Crippen LogP contribution is 2.28. The molecule has 1 unspecified atom stereocenters. The molecule has 0 radical (unpaired) electrons. The van der Waals surface area contributed by atoms with Crippen molar-refractivity contribution in [1.82, 2.24) is 0 Å². The van der Waals surface area contributed by atoms with E-state index in [-0.39, 0.29) is 11.9 Å². The van der Waals surface area contributed by atoms with E-state index in [9.17, 15) is 4.39 Å². The fraction of sp³-hybridized carbons (Fsp3) is 0.250. The van der Waals surface area contributed by atoms with Gasteiger partial charge in [0.05, 0.1) is 0 Å². The van der Waals surface area contributed by atoms with Gasteiger partial charge in [0, 0.05) is 10.9 Å². The monoisotopic (exact) mass is 291 g/mol. The second kappa shape index (κ2) is 6.77. The van der Waals surface area contributed by atoms with Gasteiger partial charge in [0.25, 0.3) is 0 Å². The fourth-order valence-corrected chi connectivity index (χ4v) is 2.33. The van der Waals surface area contributed by atoms with Crippen molar-refractivity contribution in [1.29, 1.82) is 0 Å². The first-order valence-corrected chi connectivity index (χ1v) is 7.67. The molecule has 2 aromatic rings. The second-order valence-corrected chi connectivity index (χ2v) is 5.59. The number of benzene rings is 2. The molecule has 2 aromatic carbocycles. The van der Waals surface area contributed by atoms with Gasteiger partial charge >= 0.3 is 0 Å². The van der Waals surface area contributed by atoms with Crippen LogP contribution >= 0.6 is 11.8 Å². The third-order valence-corrected chi connectivity index (χ3v) is 3.60. The molecule has 20 heavy (non-hydrogen) atoms. The maximum atomic E-state index is 13.3. The van der Waals surface area contributed by atoms with Crippen LogP contribution in [-0.4, -0.2) is 12.3 Å². The lowest BCUT2D eigenvalue weighted by Gasteiger charge is -2.13. The summed E-state index contributed by atoms with van der Waals surface area (Å²) in [7, 11) is 0. The van der Waals surface area contributed by atoms with Crippen molar-refractivity contribution in [3.05, 3.63) is 53.8 Å². The normalized spacial score (nSPS) is 12.2. The summed E-state index contributed by atoms with van der Waals surface area (Å²) < 4.78 is 19.2. The average Bonchev–Trinajstić information content (AvgIpc) is 2.42. The van der Waals surface area contributed by atoms with E-state index >= 15 is 0 Å².